The summed E-state index contributed by atoms with van der Waals surface area (Å²) in [6, 6.07) is 11.7. The number of amides is 1. The van der Waals surface area contributed by atoms with Crippen LogP contribution in [0.25, 0.3) is 0 Å². The molecule has 1 amide bonds. The Labute approximate surface area is 170 Å². The van der Waals surface area contributed by atoms with Crippen molar-refractivity contribution in [3.05, 3.63) is 46.7 Å². The molecule has 0 radical (unpaired) electrons. The van der Waals surface area contributed by atoms with Crippen molar-refractivity contribution in [3.63, 3.8) is 0 Å². The van der Waals surface area contributed by atoms with E-state index < -0.39 is 0 Å². The van der Waals surface area contributed by atoms with E-state index in [-0.39, 0.29) is 0 Å². The molecule has 0 saturated carbocycles. The molecular weight excluding hydrogens is 372 g/mol. The van der Waals surface area contributed by atoms with Crippen LogP contribution in [-0.4, -0.2) is 74.8 Å². The van der Waals surface area contributed by atoms with Gasteiger partial charge in [-0.05, 0) is 35.7 Å². The van der Waals surface area contributed by atoms with E-state index in [0.717, 1.165) is 64.6 Å². The second-order valence-electron chi connectivity index (χ2n) is 7.82. The summed E-state index contributed by atoms with van der Waals surface area (Å²) in [6.07, 6.45) is 0. The van der Waals surface area contributed by atoms with E-state index in [1.807, 2.05) is 23.5 Å². The van der Waals surface area contributed by atoms with Gasteiger partial charge < -0.3 is 24.7 Å². The Balaban J connectivity index is 1.19. The zero-order valence-electron chi connectivity index (χ0n) is 16.3. The Morgan fingerprint density at radius 2 is 1.64 bits per heavy atom. The van der Waals surface area contributed by atoms with Crippen LogP contribution in [0.15, 0.2) is 41.8 Å². The van der Waals surface area contributed by atoms with Gasteiger partial charge >= 0.3 is 0 Å². The van der Waals surface area contributed by atoms with Crippen LogP contribution in [0, 0.1) is 0 Å². The molecule has 2 aliphatic rings. The third-order valence-corrected chi connectivity index (χ3v) is 6.79. The highest BCUT2D eigenvalue weighted by molar-refractivity contribution is 7.09. The molecule has 3 N–H and O–H groups in total. The summed E-state index contributed by atoms with van der Waals surface area (Å²) < 4.78 is 0. The molecule has 1 aromatic heterocycles. The molecular formula is C21H30N4O2S+2. The van der Waals surface area contributed by atoms with E-state index in [9.17, 15) is 9.90 Å². The number of phenolic OH excluding ortho intramolecular Hbond substituents is 1. The van der Waals surface area contributed by atoms with Crippen LogP contribution in [0.3, 0.4) is 0 Å². The fourth-order valence-corrected chi connectivity index (χ4v) is 4.93. The number of carbonyl (C=O) groups excluding carboxylic acids is 1. The lowest BCUT2D eigenvalue weighted by Crippen LogP contribution is -3.16. The number of phenols is 1. The summed E-state index contributed by atoms with van der Waals surface area (Å²) >= 11 is 1.83. The SMILES string of the molecule is O=C(C[NH+]1CCN(c2ccc(O)cc2)CC1)N1CC[NH+](Cc2cccs2)CC1. The lowest BCUT2D eigenvalue weighted by Gasteiger charge is -2.35. The number of hydrogen-bond donors (Lipinski definition) is 3. The van der Waals surface area contributed by atoms with E-state index in [4.69, 9.17) is 0 Å². The number of nitrogens with zero attached hydrogens (tertiary/aromatic N) is 2. The number of nitrogens with one attached hydrogen (secondary N) is 2. The van der Waals surface area contributed by atoms with Crippen molar-refractivity contribution in [1.82, 2.24) is 4.90 Å². The van der Waals surface area contributed by atoms with Crippen molar-refractivity contribution in [2.45, 2.75) is 6.54 Å². The molecule has 3 heterocycles. The smallest absolute Gasteiger partial charge is 0.278 e. The Hall–Kier alpha value is -2.09. The molecule has 2 aliphatic heterocycles. The molecule has 0 unspecified atom stereocenters. The van der Waals surface area contributed by atoms with Crippen molar-refractivity contribution in [2.24, 2.45) is 0 Å². The summed E-state index contributed by atoms with van der Waals surface area (Å²) in [5, 5.41) is 11.6. The molecule has 0 bridgehead atoms. The largest absolute Gasteiger partial charge is 0.508 e. The molecule has 7 heteroatoms. The van der Waals surface area contributed by atoms with Crippen molar-refractivity contribution in [2.75, 3.05) is 63.8 Å². The number of benzene rings is 1. The molecule has 28 heavy (non-hydrogen) atoms. The molecule has 0 spiro atoms. The number of rotatable bonds is 5. The fraction of sp³-hybridized carbons (Fsp3) is 0.476. The Morgan fingerprint density at radius 3 is 2.29 bits per heavy atom. The summed E-state index contributed by atoms with van der Waals surface area (Å²) in [4.78, 5) is 21.5. The second-order valence-corrected chi connectivity index (χ2v) is 8.85. The van der Waals surface area contributed by atoms with Gasteiger partial charge in [-0.25, -0.2) is 0 Å². The maximum atomic E-state index is 12.7. The highest BCUT2D eigenvalue weighted by atomic mass is 32.1. The Kier molecular flexibility index (Phi) is 6.14. The standard InChI is InChI=1S/C21H28N4O2S/c26-19-5-3-18(4-6-19)24-11-7-23(8-12-24)17-21(27)25-13-9-22(10-14-25)16-20-2-1-15-28-20/h1-6,15,26H,7-14,16-17H2/p+2. The average molecular weight is 403 g/mol. The zero-order chi connectivity index (χ0) is 19.3. The number of aromatic hydroxyl groups is 1. The van der Waals surface area contributed by atoms with Gasteiger partial charge in [0.15, 0.2) is 6.54 Å². The van der Waals surface area contributed by atoms with Gasteiger partial charge in [0.2, 0.25) is 0 Å². The normalized spacial score (nSPS) is 19.1. The van der Waals surface area contributed by atoms with Gasteiger partial charge in [0.1, 0.15) is 12.3 Å². The highest BCUT2D eigenvalue weighted by Gasteiger charge is 2.28. The van der Waals surface area contributed by atoms with Crippen molar-refractivity contribution in [3.8, 4) is 5.75 Å². The molecule has 0 atom stereocenters. The second kappa shape index (κ2) is 8.94. The van der Waals surface area contributed by atoms with Crippen LogP contribution in [0.5, 0.6) is 5.75 Å². The quantitative estimate of drug-likeness (QED) is 0.607. The van der Waals surface area contributed by atoms with Crippen LogP contribution in [0.1, 0.15) is 4.88 Å². The Bertz CT molecular complexity index is 749. The minimum atomic E-state index is 0.302. The lowest BCUT2D eigenvalue weighted by atomic mass is 10.2. The number of quaternary nitrogens is 2. The molecule has 4 rings (SSSR count). The zero-order valence-corrected chi connectivity index (χ0v) is 17.1. The first kappa shape index (κ1) is 19.2. The van der Waals surface area contributed by atoms with Gasteiger partial charge in [0.25, 0.3) is 5.91 Å². The number of piperazine rings is 2. The fourth-order valence-electron chi connectivity index (χ4n) is 4.16. The summed E-state index contributed by atoms with van der Waals surface area (Å²) in [5.41, 5.74) is 1.15. The molecule has 6 nitrogen and oxygen atoms in total. The van der Waals surface area contributed by atoms with Crippen LogP contribution in [-0.2, 0) is 11.3 Å². The molecule has 2 aromatic rings. The summed E-state index contributed by atoms with van der Waals surface area (Å²) in [6.45, 7) is 9.43. The maximum Gasteiger partial charge on any atom is 0.278 e. The number of thiophene rings is 1. The monoisotopic (exact) mass is 402 g/mol. The average Bonchev–Trinajstić information content (AvgIpc) is 3.23. The molecule has 150 valence electrons. The maximum absolute atomic E-state index is 12.7. The van der Waals surface area contributed by atoms with Crippen LogP contribution in [0.2, 0.25) is 0 Å². The van der Waals surface area contributed by atoms with Crippen LogP contribution < -0.4 is 14.7 Å². The van der Waals surface area contributed by atoms with Gasteiger partial charge in [-0.15, -0.1) is 11.3 Å². The van der Waals surface area contributed by atoms with E-state index in [0.29, 0.717) is 18.2 Å². The van der Waals surface area contributed by atoms with Crippen LogP contribution >= 0.6 is 11.3 Å². The summed E-state index contributed by atoms with van der Waals surface area (Å²) in [7, 11) is 0. The van der Waals surface area contributed by atoms with Crippen molar-refractivity contribution < 1.29 is 19.7 Å². The van der Waals surface area contributed by atoms with Crippen molar-refractivity contribution in [1.29, 1.82) is 0 Å². The first-order valence-corrected chi connectivity index (χ1v) is 11.1. The minimum absolute atomic E-state index is 0.302. The molecule has 2 fully saturated rings. The van der Waals surface area contributed by atoms with Gasteiger partial charge in [-0.1, -0.05) is 6.07 Å². The molecule has 1 aromatic carbocycles. The van der Waals surface area contributed by atoms with Gasteiger partial charge in [-0.3, -0.25) is 4.79 Å². The predicted octanol–water partition coefficient (Wildman–Crippen LogP) is -0.914. The topological polar surface area (TPSA) is 52.7 Å². The van der Waals surface area contributed by atoms with E-state index in [1.54, 1.807) is 17.0 Å². The summed E-state index contributed by atoms with van der Waals surface area (Å²) in [5.74, 6) is 0.610. The first-order valence-electron chi connectivity index (χ1n) is 10.2. The third-order valence-electron chi connectivity index (χ3n) is 5.91. The Morgan fingerprint density at radius 1 is 0.964 bits per heavy atom. The minimum Gasteiger partial charge on any atom is -0.508 e. The number of carbonyl (C=O) groups is 1. The number of hydrogen-bond acceptors (Lipinski definition) is 4. The van der Waals surface area contributed by atoms with Gasteiger partial charge in [-0.2, -0.15) is 0 Å². The van der Waals surface area contributed by atoms with E-state index >= 15 is 0 Å². The third kappa shape index (κ3) is 4.84. The first-order chi connectivity index (χ1) is 13.7. The lowest BCUT2D eigenvalue weighted by molar-refractivity contribution is -0.917. The van der Waals surface area contributed by atoms with Crippen molar-refractivity contribution >= 4 is 22.9 Å². The van der Waals surface area contributed by atoms with E-state index in [2.05, 4.69) is 27.3 Å². The molecule has 0 aliphatic carbocycles. The predicted molar refractivity (Wildman–Crippen MR) is 111 cm³/mol. The molecule has 2 saturated heterocycles. The number of anilines is 1. The van der Waals surface area contributed by atoms with Gasteiger partial charge in [0, 0.05) is 5.69 Å². The van der Waals surface area contributed by atoms with E-state index in [1.165, 1.54) is 9.78 Å². The van der Waals surface area contributed by atoms with Gasteiger partial charge in [0.05, 0.1) is 57.2 Å². The highest BCUT2D eigenvalue weighted by Crippen LogP contribution is 2.18. The van der Waals surface area contributed by atoms with Crippen LogP contribution in [0.4, 0.5) is 5.69 Å².